The van der Waals surface area contributed by atoms with Crippen molar-refractivity contribution in [2.75, 3.05) is 25.6 Å². The maximum absolute atomic E-state index is 5.13. The van der Waals surface area contributed by atoms with Crippen LogP contribution in [0.2, 0.25) is 0 Å². The summed E-state index contributed by atoms with van der Waals surface area (Å²) in [6.07, 6.45) is 2.39. The number of hydrogen-bond donors (Lipinski definition) is 0. The van der Waals surface area contributed by atoms with Crippen LogP contribution < -0.4 is 9.64 Å². The van der Waals surface area contributed by atoms with Crippen molar-refractivity contribution in [3.05, 3.63) is 17.7 Å². The number of aryl methyl sites for hydroxylation is 1. The lowest BCUT2D eigenvalue weighted by atomic mass is 10.2. The van der Waals surface area contributed by atoms with Crippen LogP contribution in [0.3, 0.4) is 0 Å². The van der Waals surface area contributed by atoms with Crippen molar-refractivity contribution in [1.82, 2.24) is 4.98 Å². The Morgan fingerprint density at radius 2 is 2.13 bits per heavy atom. The highest BCUT2D eigenvalue weighted by Crippen LogP contribution is 2.19. The van der Waals surface area contributed by atoms with E-state index in [1.54, 1.807) is 7.11 Å². The number of nitrogens with zero attached hydrogens (tertiary/aromatic N) is 2. The van der Waals surface area contributed by atoms with E-state index in [9.17, 15) is 0 Å². The van der Waals surface area contributed by atoms with Crippen LogP contribution in [0.1, 0.15) is 25.3 Å². The first-order valence-corrected chi connectivity index (χ1v) is 5.41. The van der Waals surface area contributed by atoms with E-state index in [4.69, 9.17) is 4.74 Å². The van der Waals surface area contributed by atoms with Gasteiger partial charge in [0, 0.05) is 19.7 Å². The molecule has 0 unspecified atom stereocenters. The molecule has 15 heavy (non-hydrogen) atoms. The summed E-state index contributed by atoms with van der Waals surface area (Å²) in [4.78, 5) is 6.63. The Morgan fingerprint density at radius 1 is 1.40 bits per heavy atom. The molecule has 0 aromatic carbocycles. The van der Waals surface area contributed by atoms with Gasteiger partial charge < -0.3 is 9.64 Å². The molecular weight excluding hydrogens is 188 g/mol. The molecule has 0 fully saturated rings. The van der Waals surface area contributed by atoms with E-state index in [2.05, 4.69) is 30.8 Å². The second-order valence-corrected chi connectivity index (χ2v) is 3.77. The van der Waals surface area contributed by atoms with Crippen molar-refractivity contribution in [1.29, 1.82) is 0 Å². The van der Waals surface area contributed by atoms with Gasteiger partial charge in [-0.05, 0) is 18.9 Å². The van der Waals surface area contributed by atoms with Gasteiger partial charge in [-0.15, -0.1) is 0 Å². The summed E-state index contributed by atoms with van der Waals surface area (Å²) in [5.41, 5.74) is 1.19. The molecule has 0 aliphatic rings. The third kappa shape index (κ3) is 3.11. The van der Waals surface area contributed by atoms with Crippen LogP contribution >= 0.6 is 0 Å². The SMILES string of the molecule is CCCCN(C)c1nc(OC)ccc1C. The summed E-state index contributed by atoms with van der Waals surface area (Å²) in [5.74, 6) is 1.70. The number of ether oxygens (including phenoxy) is 1. The number of hydrogen-bond acceptors (Lipinski definition) is 3. The minimum Gasteiger partial charge on any atom is -0.481 e. The second-order valence-electron chi connectivity index (χ2n) is 3.77. The number of aromatic nitrogens is 1. The molecule has 0 atom stereocenters. The van der Waals surface area contributed by atoms with E-state index in [-0.39, 0.29) is 0 Å². The van der Waals surface area contributed by atoms with Crippen molar-refractivity contribution in [3.63, 3.8) is 0 Å². The average Bonchev–Trinajstić information content (AvgIpc) is 2.26. The van der Waals surface area contributed by atoms with Gasteiger partial charge in [0.05, 0.1) is 7.11 Å². The highest BCUT2D eigenvalue weighted by molar-refractivity contribution is 5.47. The van der Waals surface area contributed by atoms with Gasteiger partial charge in [-0.1, -0.05) is 19.4 Å². The Kier molecular flexibility index (Phi) is 4.40. The lowest BCUT2D eigenvalue weighted by molar-refractivity contribution is 0.397. The Labute approximate surface area is 92.1 Å². The summed E-state index contributed by atoms with van der Waals surface area (Å²) in [6.45, 7) is 5.31. The monoisotopic (exact) mass is 208 g/mol. The van der Waals surface area contributed by atoms with E-state index in [1.807, 2.05) is 12.1 Å². The fourth-order valence-electron chi connectivity index (χ4n) is 1.50. The number of methoxy groups -OCH3 is 1. The molecule has 0 amide bonds. The Hall–Kier alpha value is -1.25. The minimum atomic E-state index is 0.680. The van der Waals surface area contributed by atoms with E-state index in [1.165, 1.54) is 18.4 Å². The molecule has 1 aromatic rings. The minimum absolute atomic E-state index is 0.680. The Balaban J connectivity index is 2.81. The molecule has 1 rings (SSSR count). The lowest BCUT2D eigenvalue weighted by Gasteiger charge is -2.20. The summed E-state index contributed by atoms with van der Waals surface area (Å²) >= 11 is 0. The van der Waals surface area contributed by atoms with Gasteiger partial charge in [0.2, 0.25) is 5.88 Å². The summed E-state index contributed by atoms with van der Waals surface area (Å²) in [5, 5.41) is 0. The fraction of sp³-hybridized carbons (Fsp3) is 0.583. The highest BCUT2D eigenvalue weighted by Gasteiger charge is 2.07. The molecule has 84 valence electrons. The highest BCUT2D eigenvalue weighted by atomic mass is 16.5. The zero-order valence-electron chi connectivity index (χ0n) is 10.1. The predicted octanol–water partition coefficient (Wildman–Crippen LogP) is 2.63. The summed E-state index contributed by atoms with van der Waals surface area (Å²) < 4.78 is 5.13. The molecule has 0 aliphatic heterocycles. The van der Waals surface area contributed by atoms with Gasteiger partial charge >= 0.3 is 0 Å². The molecule has 0 N–H and O–H groups in total. The fourth-order valence-corrected chi connectivity index (χ4v) is 1.50. The molecule has 0 aliphatic carbocycles. The zero-order valence-corrected chi connectivity index (χ0v) is 10.1. The van der Waals surface area contributed by atoms with E-state index in [0.29, 0.717) is 5.88 Å². The zero-order chi connectivity index (χ0) is 11.3. The standard InChI is InChI=1S/C12H20N2O/c1-5-6-9-14(3)12-10(2)7-8-11(13-12)15-4/h7-8H,5-6,9H2,1-4H3. The summed E-state index contributed by atoms with van der Waals surface area (Å²) in [7, 11) is 3.72. The van der Waals surface area contributed by atoms with Crippen molar-refractivity contribution in [2.45, 2.75) is 26.7 Å². The van der Waals surface area contributed by atoms with Crippen LogP contribution in [0.5, 0.6) is 5.88 Å². The van der Waals surface area contributed by atoms with Crippen molar-refractivity contribution in [2.24, 2.45) is 0 Å². The third-order valence-corrected chi connectivity index (χ3v) is 2.46. The lowest BCUT2D eigenvalue weighted by Crippen LogP contribution is -2.20. The van der Waals surface area contributed by atoms with Gasteiger partial charge in [0.25, 0.3) is 0 Å². The van der Waals surface area contributed by atoms with Gasteiger partial charge in [-0.3, -0.25) is 0 Å². The van der Waals surface area contributed by atoms with Gasteiger partial charge in [0.15, 0.2) is 0 Å². The van der Waals surface area contributed by atoms with Crippen molar-refractivity contribution in [3.8, 4) is 5.88 Å². The number of pyridine rings is 1. The normalized spacial score (nSPS) is 10.1. The Morgan fingerprint density at radius 3 is 2.73 bits per heavy atom. The maximum Gasteiger partial charge on any atom is 0.214 e. The van der Waals surface area contributed by atoms with Crippen molar-refractivity contribution >= 4 is 5.82 Å². The molecular formula is C12H20N2O. The van der Waals surface area contributed by atoms with Crippen LogP contribution in [-0.2, 0) is 0 Å². The molecule has 3 heteroatoms. The number of anilines is 1. The van der Waals surface area contributed by atoms with Crippen LogP contribution in [0, 0.1) is 6.92 Å². The Bertz CT molecular complexity index is 312. The van der Waals surface area contributed by atoms with Gasteiger partial charge in [-0.25, -0.2) is 0 Å². The van der Waals surface area contributed by atoms with E-state index < -0.39 is 0 Å². The molecule has 1 heterocycles. The smallest absolute Gasteiger partial charge is 0.214 e. The van der Waals surface area contributed by atoms with Gasteiger partial charge in [0.1, 0.15) is 5.82 Å². The molecule has 1 aromatic heterocycles. The van der Waals surface area contributed by atoms with Crippen LogP contribution in [0.15, 0.2) is 12.1 Å². The molecule has 0 saturated carbocycles. The topological polar surface area (TPSA) is 25.4 Å². The maximum atomic E-state index is 5.13. The first-order valence-electron chi connectivity index (χ1n) is 5.41. The van der Waals surface area contributed by atoms with Crippen LogP contribution in [-0.4, -0.2) is 25.7 Å². The molecule has 3 nitrogen and oxygen atoms in total. The van der Waals surface area contributed by atoms with Crippen LogP contribution in [0.25, 0.3) is 0 Å². The van der Waals surface area contributed by atoms with Crippen molar-refractivity contribution < 1.29 is 4.74 Å². The molecule has 0 bridgehead atoms. The molecule has 0 radical (unpaired) electrons. The first kappa shape index (κ1) is 11.8. The number of unbranched alkanes of at least 4 members (excludes halogenated alkanes) is 1. The van der Waals surface area contributed by atoms with Crippen LogP contribution in [0.4, 0.5) is 5.82 Å². The first-order chi connectivity index (χ1) is 7.19. The molecule has 0 spiro atoms. The predicted molar refractivity (Wildman–Crippen MR) is 63.7 cm³/mol. The second kappa shape index (κ2) is 5.59. The van der Waals surface area contributed by atoms with E-state index >= 15 is 0 Å². The summed E-state index contributed by atoms with van der Waals surface area (Å²) in [6, 6.07) is 3.94. The largest absolute Gasteiger partial charge is 0.481 e. The van der Waals surface area contributed by atoms with E-state index in [0.717, 1.165) is 12.4 Å². The quantitative estimate of drug-likeness (QED) is 0.743. The molecule has 0 saturated heterocycles. The van der Waals surface area contributed by atoms with Gasteiger partial charge in [-0.2, -0.15) is 4.98 Å². The average molecular weight is 208 g/mol. The third-order valence-electron chi connectivity index (χ3n) is 2.46. The number of rotatable bonds is 5.